The van der Waals surface area contributed by atoms with Crippen LogP contribution in [0.25, 0.3) is 11.5 Å². The maximum Gasteiger partial charge on any atom is 0.340 e. The third-order valence-corrected chi connectivity index (χ3v) is 5.24. The fourth-order valence-electron chi connectivity index (χ4n) is 2.89. The molecule has 0 spiro atoms. The van der Waals surface area contributed by atoms with Gasteiger partial charge >= 0.3 is 5.97 Å². The maximum absolute atomic E-state index is 12.9. The molecular formula is C19H21N3O5S. The highest BCUT2D eigenvalue weighted by Crippen LogP contribution is 2.30. The van der Waals surface area contributed by atoms with Gasteiger partial charge in [0.1, 0.15) is 5.76 Å². The molecule has 0 bridgehead atoms. The fourth-order valence-corrected chi connectivity index (χ4v) is 3.63. The van der Waals surface area contributed by atoms with Crippen molar-refractivity contribution < 1.29 is 23.2 Å². The topological polar surface area (TPSA) is 111 Å². The van der Waals surface area contributed by atoms with Crippen LogP contribution < -0.4 is 0 Å². The normalized spacial score (nSPS) is 12.2. The van der Waals surface area contributed by atoms with Crippen LogP contribution in [0.15, 0.2) is 26.4 Å². The number of carbonyl (C=O) groups is 2. The first-order valence-electron chi connectivity index (χ1n) is 8.78. The van der Waals surface area contributed by atoms with Gasteiger partial charge in [0.15, 0.2) is 5.78 Å². The van der Waals surface area contributed by atoms with Crippen LogP contribution in [0.1, 0.15) is 51.7 Å². The van der Waals surface area contributed by atoms with E-state index in [0.29, 0.717) is 39.7 Å². The molecule has 8 nitrogen and oxygen atoms in total. The summed E-state index contributed by atoms with van der Waals surface area (Å²) in [5, 5.41) is 7.79. The number of ether oxygens (including phenoxy) is 1. The number of Topliss-reactive ketones (excluding diaryl/α,β-unsaturated/α-hetero) is 1. The van der Waals surface area contributed by atoms with Gasteiger partial charge in [0.2, 0.25) is 0 Å². The predicted molar refractivity (Wildman–Crippen MR) is 103 cm³/mol. The van der Waals surface area contributed by atoms with Crippen molar-refractivity contribution in [3.05, 3.63) is 40.6 Å². The van der Waals surface area contributed by atoms with E-state index < -0.39 is 11.2 Å². The zero-order chi connectivity index (χ0) is 20.4. The van der Waals surface area contributed by atoms with Crippen LogP contribution in [0, 0.1) is 20.8 Å². The van der Waals surface area contributed by atoms with Crippen molar-refractivity contribution in [2.24, 2.45) is 0 Å². The van der Waals surface area contributed by atoms with Crippen LogP contribution in [0.3, 0.4) is 0 Å². The number of aromatic amines is 1. The predicted octanol–water partition coefficient (Wildman–Crippen LogP) is 4.12. The average Bonchev–Trinajstić information content (AvgIpc) is 3.34. The number of nitrogens with zero attached hydrogens (tertiary/aromatic N) is 2. The number of furan rings is 1. The Morgan fingerprint density at radius 3 is 2.68 bits per heavy atom. The minimum absolute atomic E-state index is 0.166. The average molecular weight is 403 g/mol. The van der Waals surface area contributed by atoms with E-state index in [9.17, 15) is 9.59 Å². The first-order chi connectivity index (χ1) is 13.3. The van der Waals surface area contributed by atoms with E-state index in [1.165, 1.54) is 0 Å². The highest BCUT2D eigenvalue weighted by molar-refractivity contribution is 8.00. The van der Waals surface area contributed by atoms with Gasteiger partial charge in [0.05, 0.1) is 34.9 Å². The second-order valence-electron chi connectivity index (χ2n) is 6.23. The molecule has 0 aromatic carbocycles. The summed E-state index contributed by atoms with van der Waals surface area (Å²) in [5.41, 5.74) is 2.68. The van der Waals surface area contributed by atoms with Gasteiger partial charge in [-0.3, -0.25) is 4.79 Å². The first kappa shape index (κ1) is 19.9. The van der Waals surface area contributed by atoms with Crippen molar-refractivity contribution in [3.63, 3.8) is 0 Å². The Kier molecular flexibility index (Phi) is 5.73. The second-order valence-corrected chi connectivity index (χ2v) is 7.53. The van der Waals surface area contributed by atoms with Crippen LogP contribution in [-0.4, -0.2) is 38.8 Å². The van der Waals surface area contributed by atoms with Crippen LogP contribution in [0.5, 0.6) is 0 Å². The standard InChI is InChI=1S/C19H21N3O5S/c1-6-25-18(24)14-9(2)15(20-10(14)3)16(23)12(5)28-19-22-21-17(27-19)13-7-8-26-11(13)4/h7-8,12,20H,6H2,1-5H3. The quantitative estimate of drug-likeness (QED) is 0.356. The van der Waals surface area contributed by atoms with E-state index in [0.717, 1.165) is 11.8 Å². The molecule has 1 atom stereocenters. The largest absolute Gasteiger partial charge is 0.469 e. The Morgan fingerprint density at radius 1 is 1.29 bits per heavy atom. The summed E-state index contributed by atoms with van der Waals surface area (Å²) in [5.74, 6) is 0.406. The zero-order valence-corrected chi connectivity index (χ0v) is 17.1. The lowest BCUT2D eigenvalue weighted by atomic mass is 10.1. The lowest BCUT2D eigenvalue weighted by Gasteiger charge is -2.07. The number of H-pyrrole nitrogens is 1. The van der Waals surface area contributed by atoms with Crippen molar-refractivity contribution in [1.82, 2.24) is 15.2 Å². The number of ketones is 1. The van der Waals surface area contributed by atoms with Gasteiger partial charge in [0.25, 0.3) is 11.1 Å². The molecule has 0 aliphatic rings. The lowest BCUT2D eigenvalue weighted by Crippen LogP contribution is -2.15. The van der Waals surface area contributed by atoms with E-state index in [4.69, 9.17) is 13.6 Å². The summed E-state index contributed by atoms with van der Waals surface area (Å²) >= 11 is 1.16. The molecule has 9 heteroatoms. The number of carbonyl (C=O) groups excluding carboxylic acids is 2. The molecule has 148 valence electrons. The first-order valence-corrected chi connectivity index (χ1v) is 9.66. The van der Waals surface area contributed by atoms with Crippen LogP contribution >= 0.6 is 11.8 Å². The Bertz CT molecular complexity index is 1020. The molecule has 0 saturated carbocycles. The molecule has 1 N–H and O–H groups in total. The van der Waals surface area contributed by atoms with Crippen molar-refractivity contribution in [3.8, 4) is 11.5 Å². The van der Waals surface area contributed by atoms with Gasteiger partial charge in [-0.2, -0.15) is 0 Å². The molecule has 0 aliphatic heterocycles. The fraction of sp³-hybridized carbons (Fsp3) is 0.368. The van der Waals surface area contributed by atoms with Gasteiger partial charge in [-0.05, 0) is 46.2 Å². The van der Waals surface area contributed by atoms with E-state index in [1.54, 1.807) is 46.9 Å². The molecule has 0 radical (unpaired) electrons. The molecule has 3 heterocycles. The molecule has 3 aromatic rings. The Balaban J connectivity index is 1.77. The number of hydrogen-bond acceptors (Lipinski definition) is 8. The number of nitrogens with one attached hydrogen (secondary N) is 1. The van der Waals surface area contributed by atoms with Gasteiger partial charge in [-0.15, -0.1) is 10.2 Å². The molecule has 28 heavy (non-hydrogen) atoms. The lowest BCUT2D eigenvalue weighted by molar-refractivity contribution is 0.0525. The third-order valence-electron chi connectivity index (χ3n) is 4.31. The second kappa shape index (κ2) is 8.05. The third kappa shape index (κ3) is 3.75. The number of hydrogen-bond donors (Lipinski definition) is 1. The number of aromatic nitrogens is 3. The minimum Gasteiger partial charge on any atom is -0.469 e. The molecule has 0 saturated heterocycles. The summed E-state index contributed by atoms with van der Waals surface area (Å²) in [7, 11) is 0. The molecule has 0 amide bonds. The molecule has 0 aliphatic carbocycles. The Morgan fingerprint density at radius 2 is 2.04 bits per heavy atom. The molecule has 3 aromatic heterocycles. The summed E-state index contributed by atoms with van der Waals surface area (Å²) in [6.45, 7) is 9.03. The minimum atomic E-state index is -0.495. The summed E-state index contributed by atoms with van der Waals surface area (Å²) in [6, 6.07) is 1.74. The summed E-state index contributed by atoms with van der Waals surface area (Å²) in [6.07, 6.45) is 1.55. The monoisotopic (exact) mass is 403 g/mol. The number of aryl methyl sites for hydroxylation is 2. The van der Waals surface area contributed by atoms with Crippen LogP contribution in [0.4, 0.5) is 0 Å². The molecule has 1 unspecified atom stereocenters. The Hall–Kier alpha value is -2.81. The van der Waals surface area contributed by atoms with Crippen molar-refractivity contribution in [1.29, 1.82) is 0 Å². The van der Waals surface area contributed by atoms with E-state index >= 15 is 0 Å². The van der Waals surface area contributed by atoms with E-state index in [2.05, 4.69) is 15.2 Å². The Labute approximate surface area is 166 Å². The molecule has 3 rings (SSSR count). The van der Waals surface area contributed by atoms with Crippen molar-refractivity contribution >= 4 is 23.5 Å². The number of esters is 1. The highest BCUT2D eigenvalue weighted by atomic mass is 32.2. The van der Waals surface area contributed by atoms with Gasteiger partial charge in [-0.25, -0.2) is 4.79 Å². The van der Waals surface area contributed by atoms with Crippen LogP contribution in [0.2, 0.25) is 0 Å². The maximum atomic E-state index is 12.9. The van der Waals surface area contributed by atoms with Gasteiger partial charge in [0, 0.05) is 5.69 Å². The van der Waals surface area contributed by atoms with Crippen LogP contribution in [-0.2, 0) is 4.74 Å². The number of rotatable bonds is 7. The van der Waals surface area contributed by atoms with Crippen molar-refractivity contribution in [2.45, 2.75) is 45.1 Å². The molecular weight excluding hydrogens is 382 g/mol. The van der Waals surface area contributed by atoms with Crippen molar-refractivity contribution in [2.75, 3.05) is 6.61 Å². The SMILES string of the molecule is CCOC(=O)c1c(C)[nH]c(C(=O)C(C)Sc2nnc(-c3ccoc3C)o2)c1C. The van der Waals surface area contributed by atoms with E-state index in [-0.39, 0.29) is 17.6 Å². The zero-order valence-electron chi connectivity index (χ0n) is 16.3. The number of thioether (sulfide) groups is 1. The summed E-state index contributed by atoms with van der Waals surface area (Å²) in [4.78, 5) is 28.0. The van der Waals surface area contributed by atoms with Gasteiger partial charge in [-0.1, -0.05) is 11.8 Å². The van der Waals surface area contributed by atoms with Gasteiger partial charge < -0.3 is 18.6 Å². The summed E-state index contributed by atoms with van der Waals surface area (Å²) < 4.78 is 15.9. The molecule has 0 fully saturated rings. The highest BCUT2D eigenvalue weighted by Gasteiger charge is 2.27. The smallest absolute Gasteiger partial charge is 0.340 e. The van der Waals surface area contributed by atoms with E-state index in [1.807, 2.05) is 0 Å².